The zero-order chi connectivity index (χ0) is 25.3. The van der Waals surface area contributed by atoms with Gasteiger partial charge in [-0.15, -0.1) is 0 Å². The van der Waals surface area contributed by atoms with Crippen LogP contribution < -0.4 is 10.6 Å². The topological polar surface area (TPSA) is 146 Å². The fraction of sp³-hybridized carbons (Fsp3) is 0.348. The Labute approximate surface area is 196 Å². The number of phenols is 1. The highest BCUT2D eigenvalue weighted by molar-refractivity contribution is 6.05. The number of nitrogens with one attached hydrogen (secondary N) is 2. The van der Waals surface area contributed by atoms with Gasteiger partial charge in [-0.25, -0.2) is 9.79 Å². The number of aliphatic imine (C=N–C) groups is 1. The van der Waals surface area contributed by atoms with Crippen molar-refractivity contribution >= 4 is 35.0 Å². The molecule has 0 radical (unpaired) electrons. The molecule has 1 heterocycles. The lowest BCUT2D eigenvalue weighted by Crippen LogP contribution is -2.52. The number of aromatic hydroxyl groups is 1. The predicted molar refractivity (Wildman–Crippen MR) is 126 cm³/mol. The number of nitrogens with zero attached hydrogens (tertiary/aromatic N) is 3. The number of guanidine groups is 1. The molecule has 0 unspecified atom stereocenters. The first kappa shape index (κ1) is 24.5. The average Bonchev–Trinajstić information content (AvgIpc) is 2.72. The van der Waals surface area contributed by atoms with E-state index in [4.69, 9.17) is 4.74 Å². The van der Waals surface area contributed by atoms with Crippen molar-refractivity contribution in [1.29, 1.82) is 0 Å². The summed E-state index contributed by atoms with van der Waals surface area (Å²) >= 11 is 0. The van der Waals surface area contributed by atoms with Crippen LogP contribution in [0.2, 0.25) is 0 Å². The van der Waals surface area contributed by atoms with Crippen LogP contribution in [0.15, 0.2) is 47.5 Å². The Kier molecular flexibility index (Phi) is 6.49. The second kappa shape index (κ2) is 9.00. The summed E-state index contributed by atoms with van der Waals surface area (Å²) < 4.78 is 5.27. The third-order valence-electron chi connectivity index (χ3n) is 5.09. The molecule has 34 heavy (non-hydrogen) atoms. The standard InChI is InChI=1S/C23H27N5O6/c1-22(2,3)34-21(31)25-20-26-23(4,13-19(30)27(20)5)14-7-6-8-15(11-14)24-17-10-9-16(29)12-18(17)28(32)33/h6-12,24,29H,13H2,1-5H3,(H,25,26,31)/t23-/m0/s1. The molecular weight excluding hydrogens is 442 g/mol. The van der Waals surface area contributed by atoms with Gasteiger partial charge in [0, 0.05) is 12.7 Å². The summed E-state index contributed by atoms with van der Waals surface area (Å²) in [6.45, 7) is 6.94. The van der Waals surface area contributed by atoms with Gasteiger partial charge in [-0.1, -0.05) is 12.1 Å². The Bertz CT molecular complexity index is 1170. The number of carbonyl (C=O) groups excluding carboxylic acids is 2. The number of hydrogen-bond donors (Lipinski definition) is 3. The largest absolute Gasteiger partial charge is 0.508 e. The van der Waals surface area contributed by atoms with Gasteiger partial charge in [-0.2, -0.15) is 0 Å². The fourth-order valence-corrected chi connectivity index (χ4v) is 3.42. The Hall–Kier alpha value is -4.15. The van der Waals surface area contributed by atoms with Crippen LogP contribution in [0.5, 0.6) is 5.75 Å². The predicted octanol–water partition coefficient (Wildman–Crippen LogP) is 4.00. The van der Waals surface area contributed by atoms with Crippen molar-refractivity contribution in [3.05, 3.63) is 58.1 Å². The SMILES string of the molecule is CN1C(=O)C[C@@](C)(c2cccc(Nc3ccc(O)cc3[N+](=O)[O-])c2)N=C1NC(=O)OC(C)(C)C. The number of phenolic OH excluding ortho intramolecular Hbond substituents is 1. The molecule has 3 rings (SSSR count). The van der Waals surface area contributed by atoms with Gasteiger partial charge in [0.05, 0.1) is 22.9 Å². The van der Waals surface area contributed by atoms with E-state index in [1.165, 1.54) is 24.1 Å². The van der Waals surface area contributed by atoms with Crippen LogP contribution in [0.25, 0.3) is 0 Å². The molecule has 0 fully saturated rings. The van der Waals surface area contributed by atoms with Crippen LogP contribution in [-0.4, -0.2) is 45.5 Å². The molecule has 3 N–H and O–H groups in total. The first-order chi connectivity index (χ1) is 15.8. The van der Waals surface area contributed by atoms with Crippen LogP contribution in [0.4, 0.5) is 21.9 Å². The van der Waals surface area contributed by atoms with Gasteiger partial charge >= 0.3 is 6.09 Å². The number of benzene rings is 2. The monoisotopic (exact) mass is 469 g/mol. The summed E-state index contributed by atoms with van der Waals surface area (Å²) in [5.74, 6) is -0.417. The molecule has 0 aromatic heterocycles. The van der Waals surface area contributed by atoms with Crippen LogP contribution in [-0.2, 0) is 15.1 Å². The smallest absolute Gasteiger partial charge is 0.414 e. The summed E-state index contributed by atoms with van der Waals surface area (Å²) in [6.07, 6.45) is -0.684. The first-order valence-corrected chi connectivity index (χ1v) is 10.5. The molecule has 2 aromatic rings. The minimum Gasteiger partial charge on any atom is -0.508 e. The molecule has 0 saturated carbocycles. The van der Waals surface area contributed by atoms with Crippen LogP contribution in [0, 0.1) is 10.1 Å². The summed E-state index contributed by atoms with van der Waals surface area (Å²) in [5.41, 5.74) is -0.637. The highest BCUT2D eigenvalue weighted by Crippen LogP contribution is 2.36. The summed E-state index contributed by atoms with van der Waals surface area (Å²) in [4.78, 5) is 41.6. The zero-order valence-electron chi connectivity index (χ0n) is 19.6. The van der Waals surface area contributed by atoms with E-state index >= 15 is 0 Å². The Morgan fingerprint density at radius 2 is 1.97 bits per heavy atom. The van der Waals surface area contributed by atoms with Crippen LogP contribution >= 0.6 is 0 Å². The lowest BCUT2D eigenvalue weighted by molar-refractivity contribution is -0.384. The van der Waals surface area contributed by atoms with Crippen molar-refractivity contribution in [2.45, 2.75) is 45.3 Å². The number of nitro groups is 1. The molecule has 11 heteroatoms. The van der Waals surface area contributed by atoms with E-state index in [0.29, 0.717) is 11.3 Å². The molecule has 1 aliphatic heterocycles. The third kappa shape index (κ3) is 5.61. The number of carbonyl (C=O) groups is 2. The second-order valence-electron chi connectivity index (χ2n) is 9.13. The van der Waals surface area contributed by atoms with Gasteiger partial charge in [0.25, 0.3) is 5.69 Å². The minimum atomic E-state index is -1.01. The number of hydrogen-bond acceptors (Lipinski definition) is 8. The van der Waals surface area contributed by atoms with Gasteiger partial charge in [0.2, 0.25) is 11.9 Å². The number of ether oxygens (including phenoxy) is 1. The molecule has 2 aromatic carbocycles. The van der Waals surface area contributed by atoms with Crippen molar-refractivity contribution in [3.8, 4) is 5.75 Å². The van der Waals surface area contributed by atoms with Crippen LogP contribution in [0.3, 0.4) is 0 Å². The third-order valence-corrected chi connectivity index (χ3v) is 5.09. The van der Waals surface area contributed by atoms with E-state index < -0.39 is 22.2 Å². The molecule has 0 bridgehead atoms. The van der Waals surface area contributed by atoms with E-state index in [1.54, 1.807) is 52.0 Å². The zero-order valence-corrected chi connectivity index (χ0v) is 19.6. The second-order valence-corrected chi connectivity index (χ2v) is 9.13. The Balaban J connectivity index is 1.92. The number of anilines is 2. The Morgan fingerprint density at radius 3 is 2.62 bits per heavy atom. The summed E-state index contributed by atoms with van der Waals surface area (Å²) in [6, 6.07) is 10.8. The maximum atomic E-state index is 12.7. The van der Waals surface area contributed by atoms with Crippen LogP contribution in [0.1, 0.15) is 39.7 Å². The number of alkyl carbamates (subject to hydrolysis) is 1. The van der Waals surface area contributed by atoms with E-state index in [9.17, 15) is 24.8 Å². The fourth-order valence-electron chi connectivity index (χ4n) is 3.42. The van der Waals surface area contributed by atoms with Crippen molar-refractivity contribution in [2.75, 3.05) is 12.4 Å². The Morgan fingerprint density at radius 1 is 1.26 bits per heavy atom. The maximum Gasteiger partial charge on any atom is 0.414 e. The molecule has 11 nitrogen and oxygen atoms in total. The summed E-state index contributed by atoms with van der Waals surface area (Å²) in [7, 11) is 1.51. The summed E-state index contributed by atoms with van der Waals surface area (Å²) in [5, 5.41) is 26.5. The normalized spacial score (nSPS) is 18.2. The minimum absolute atomic E-state index is 0.0474. The number of nitro benzene ring substituents is 1. The average molecular weight is 469 g/mol. The van der Waals surface area contributed by atoms with Gasteiger partial charge in [0.15, 0.2) is 0 Å². The molecular formula is C23H27N5O6. The highest BCUT2D eigenvalue weighted by atomic mass is 16.6. The maximum absolute atomic E-state index is 12.7. The molecule has 0 saturated heterocycles. The highest BCUT2D eigenvalue weighted by Gasteiger charge is 2.38. The number of amides is 2. The van der Waals surface area contributed by atoms with Crippen molar-refractivity contribution in [2.24, 2.45) is 4.99 Å². The molecule has 0 spiro atoms. The molecule has 180 valence electrons. The van der Waals surface area contributed by atoms with E-state index in [-0.39, 0.29) is 35.4 Å². The lowest BCUT2D eigenvalue weighted by Gasteiger charge is -2.35. The van der Waals surface area contributed by atoms with E-state index in [0.717, 1.165) is 6.07 Å². The molecule has 0 aliphatic carbocycles. The molecule has 1 atom stereocenters. The quantitative estimate of drug-likeness (QED) is 0.348. The van der Waals surface area contributed by atoms with Crippen molar-refractivity contribution in [1.82, 2.24) is 10.2 Å². The van der Waals surface area contributed by atoms with Gasteiger partial charge in [-0.3, -0.25) is 25.1 Å². The van der Waals surface area contributed by atoms with Gasteiger partial charge in [-0.05, 0) is 57.5 Å². The van der Waals surface area contributed by atoms with Crippen molar-refractivity contribution < 1.29 is 24.4 Å². The first-order valence-electron chi connectivity index (χ1n) is 10.5. The van der Waals surface area contributed by atoms with Gasteiger partial charge in [0.1, 0.15) is 17.0 Å². The van der Waals surface area contributed by atoms with Crippen molar-refractivity contribution in [3.63, 3.8) is 0 Å². The van der Waals surface area contributed by atoms with Gasteiger partial charge < -0.3 is 15.2 Å². The number of rotatable bonds is 4. The molecule has 2 amide bonds. The van der Waals surface area contributed by atoms with E-state index in [1.807, 2.05) is 0 Å². The lowest BCUT2D eigenvalue weighted by atomic mass is 9.87. The molecule has 1 aliphatic rings. The van der Waals surface area contributed by atoms with E-state index in [2.05, 4.69) is 15.6 Å².